The summed E-state index contributed by atoms with van der Waals surface area (Å²) < 4.78 is 15.0. The number of hydrogen-bond donors (Lipinski definition) is 1. The number of carbonyl (C=O) groups is 1. The first-order valence-electron chi connectivity index (χ1n) is 7.59. The quantitative estimate of drug-likeness (QED) is 0.664. The minimum atomic E-state index is -0.898. The standard InChI is InChI=1S/C18H15BrFNO2S2/c1-10-2-5-15-14(6-10)21(18(24)16(25-15)8-17(22)23)9-11-3-4-12(19)7-13(11)20/h2-7,16H,8-9H2,1H3,(H,22,23). The molecule has 0 fully saturated rings. The number of anilines is 1. The highest BCUT2D eigenvalue weighted by Crippen LogP contribution is 2.42. The molecule has 1 heterocycles. The molecule has 3 rings (SSSR count). The van der Waals surface area contributed by atoms with Crippen LogP contribution in [0.15, 0.2) is 45.8 Å². The molecule has 3 nitrogen and oxygen atoms in total. The average molecular weight is 440 g/mol. The number of carboxylic acids is 1. The topological polar surface area (TPSA) is 40.5 Å². The molecule has 2 aromatic carbocycles. The Morgan fingerprint density at radius 3 is 2.80 bits per heavy atom. The third-order valence-electron chi connectivity index (χ3n) is 3.92. The summed E-state index contributed by atoms with van der Waals surface area (Å²) in [6.07, 6.45) is -0.0594. The zero-order valence-corrected chi connectivity index (χ0v) is 16.5. The Bertz CT molecular complexity index is 859. The third kappa shape index (κ3) is 4.04. The molecule has 0 bridgehead atoms. The fraction of sp³-hybridized carbons (Fsp3) is 0.222. The number of carboxylic acid groups (broad SMARTS) is 1. The van der Waals surface area contributed by atoms with Gasteiger partial charge in [0.05, 0.1) is 28.9 Å². The largest absolute Gasteiger partial charge is 0.481 e. The lowest BCUT2D eigenvalue weighted by atomic mass is 10.1. The summed E-state index contributed by atoms with van der Waals surface area (Å²) in [5.74, 6) is -1.22. The summed E-state index contributed by atoms with van der Waals surface area (Å²) in [6, 6.07) is 10.9. The van der Waals surface area contributed by atoms with E-state index in [2.05, 4.69) is 15.9 Å². The second-order valence-corrected chi connectivity index (χ2v) is 8.41. The van der Waals surface area contributed by atoms with E-state index in [1.165, 1.54) is 17.8 Å². The number of rotatable bonds is 4. The van der Waals surface area contributed by atoms with Gasteiger partial charge in [0.1, 0.15) is 5.82 Å². The maximum atomic E-state index is 14.3. The summed E-state index contributed by atoms with van der Waals surface area (Å²) in [6.45, 7) is 2.25. The Morgan fingerprint density at radius 1 is 1.36 bits per heavy atom. The molecule has 0 radical (unpaired) electrons. The highest BCUT2D eigenvalue weighted by molar-refractivity contribution is 9.10. The highest BCUT2D eigenvalue weighted by Gasteiger charge is 2.32. The van der Waals surface area contributed by atoms with Gasteiger partial charge in [-0.05, 0) is 36.8 Å². The zero-order valence-electron chi connectivity index (χ0n) is 13.3. The number of nitrogens with zero attached hydrogens (tertiary/aromatic N) is 1. The Hall–Kier alpha value is -1.44. The molecular formula is C18H15BrFNO2S2. The number of fused-ring (bicyclic) bond motifs is 1. The van der Waals surface area contributed by atoms with E-state index < -0.39 is 5.97 Å². The molecule has 1 N–H and O–H groups in total. The van der Waals surface area contributed by atoms with Gasteiger partial charge in [0.15, 0.2) is 0 Å². The van der Waals surface area contributed by atoms with Gasteiger partial charge in [-0.1, -0.05) is 40.3 Å². The molecule has 130 valence electrons. The second-order valence-electron chi connectivity index (χ2n) is 5.84. The van der Waals surface area contributed by atoms with Gasteiger partial charge in [-0.15, -0.1) is 11.8 Å². The van der Waals surface area contributed by atoms with Crippen LogP contribution in [0.3, 0.4) is 0 Å². The summed E-state index contributed by atoms with van der Waals surface area (Å²) in [5, 5.41) is 8.82. The number of benzene rings is 2. The van der Waals surface area contributed by atoms with E-state index >= 15 is 0 Å². The zero-order chi connectivity index (χ0) is 18.1. The molecule has 0 saturated carbocycles. The van der Waals surface area contributed by atoms with E-state index in [1.807, 2.05) is 30.0 Å². The van der Waals surface area contributed by atoms with Gasteiger partial charge >= 0.3 is 5.97 Å². The van der Waals surface area contributed by atoms with Crippen molar-refractivity contribution in [1.82, 2.24) is 0 Å². The van der Waals surface area contributed by atoms with Gasteiger partial charge < -0.3 is 10.0 Å². The maximum Gasteiger partial charge on any atom is 0.304 e. The number of hydrogen-bond acceptors (Lipinski definition) is 3. The SMILES string of the molecule is Cc1ccc2c(c1)N(Cc1ccc(Br)cc1F)C(=S)C(CC(=O)O)S2. The molecule has 1 aliphatic rings. The smallest absolute Gasteiger partial charge is 0.304 e. The fourth-order valence-electron chi connectivity index (χ4n) is 2.71. The summed E-state index contributed by atoms with van der Waals surface area (Å²) in [5.41, 5.74) is 2.48. The molecule has 7 heteroatoms. The molecular weight excluding hydrogens is 425 g/mol. The van der Waals surface area contributed by atoms with Crippen molar-refractivity contribution in [3.05, 3.63) is 57.8 Å². The van der Waals surface area contributed by atoms with Crippen LogP contribution in [0.4, 0.5) is 10.1 Å². The van der Waals surface area contributed by atoms with Gasteiger partial charge in [-0.25, -0.2) is 4.39 Å². The number of thioether (sulfide) groups is 1. The molecule has 2 aromatic rings. The van der Waals surface area contributed by atoms with Crippen molar-refractivity contribution in [2.45, 2.75) is 30.0 Å². The van der Waals surface area contributed by atoms with E-state index in [-0.39, 0.29) is 24.0 Å². The van der Waals surface area contributed by atoms with E-state index in [1.54, 1.807) is 12.1 Å². The molecule has 0 saturated heterocycles. The lowest BCUT2D eigenvalue weighted by Gasteiger charge is -2.36. The van der Waals surface area contributed by atoms with Crippen LogP contribution >= 0.6 is 39.9 Å². The van der Waals surface area contributed by atoms with Crippen LogP contribution < -0.4 is 4.90 Å². The van der Waals surface area contributed by atoms with E-state index in [0.29, 0.717) is 15.0 Å². The molecule has 0 spiro atoms. The van der Waals surface area contributed by atoms with Crippen LogP contribution in [0.25, 0.3) is 0 Å². The molecule has 1 atom stereocenters. The second kappa shape index (κ2) is 7.43. The minimum absolute atomic E-state index is 0.0594. The molecule has 0 aromatic heterocycles. The maximum absolute atomic E-state index is 14.3. The highest BCUT2D eigenvalue weighted by atomic mass is 79.9. The molecule has 1 unspecified atom stereocenters. The Kier molecular flexibility index (Phi) is 5.46. The van der Waals surface area contributed by atoms with Crippen molar-refractivity contribution in [3.63, 3.8) is 0 Å². The lowest BCUT2D eigenvalue weighted by molar-refractivity contribution is -0.136. The van der Waals surface area contributed by atoms with Crippen molar-refractivity contribution >= 4 is 56.6 Å². The first kappa shape index (κ1) is 18.4. The van der Waals surface area contributed by atoms with E-state index in [4.69, 9.17) is 17.3 Å². The average Bonchev–Trinajstić information content (AvgIpc) is 2.53. The first-order valence-corrected chi connectivity index (χ1v) is 9.67. The lowest BCUT2D eigenvalue weighted by Crippen LogP contribution is -2.40. The van der Waals surface area contributed by atoms with Crippen LogP contribution in [0.5, 0.6) is 0 Å². The number of aliphatic carboxylic acids is 1. The van der Waals surface area contributed by atoms with Crippen LogP contribution in [0, 0.1) is 12.7 Å². The van der Waals surface area contributed by atoms with Gasteiger partial charge in [0.2, 0.25) is 0 Å². The Morgan fingerprint density at radius 2 is 2.12 bits per heavy atom. The summed E-state index contributed by atoms with van der Waals surface area (Å²) in [7, 11) is 0. The predicted octanol–water partition coefficient (Wildman–Crippen LogP) is 5.18. The van der Waals surface area contributed by atoms with Crippen molar-refractivity contribution < 1.29 is 14.3 Å². The van der Waals surface area contributed by atoms with E-state index in [0.717, 1.165) is 16.1 Å². The van der Waals surface area contributed by atoms with Crippen molar-refractivity contribution in [2.24, 2.45) is 0 Å². The molecule has 25 heavy (non-hydrogen) atoms. The van der Waals surface area contributed by atoms with Crippen LogP contribution in [0.2, 0.25) is 0 Å². The summed E-state index contributed by atoms with van der Waals surface area (Å²) in [4.78, 5) is 14.5. The van der Waals surface area contributed by atoms with Crippen LogP contribution in [0.1, 0.15) is 17.5 Å². The molecule has 0 aliphatic carbocycles. The Balaban J connectivity index is 2.01. The number of aryl methyl sites for hydroxylation is 1. The van der Waals surface area contributed by atoms with Gasteiger partial charge in [-0.2, -0.15) is 0 Å². The van der Waals surface area contributed by atoms with Crippen molar-refractivity contribution in [1.29, 1.82) is 0 Å². The number of halogens is 2. The minimum Gasteiger partial charge on any atom is -0.481 e. The first-order chi connectivity index (χ1) is 11.8. The summed E-state index contributed by atoms with van der Waals surface area (Å²) >= 11 is 10.3. The molecule has 1 aliphatic heterocycles. The van der Waals surface area contributed by atoms with Crippen LogP contribution in [-0.2, 0) is 11.3 Å². The normalized spacial score (nSPS) is 16.7. The van der Waals surface area contributed by atoms with Crippen molar-refractivity contribution in [2.75, 3.05) is 4.90 Å². The van der Waals surface area contributed by atoms with E-state index in [9.17, 15) is 9.18 Å². The Labute approximate surface area is 163 Å². The van der Waals surface area contributed by atoms with Gasteiger partial charge in [0.25, 0.3) is 0 Å². The number of thiocarbonyl (C=S) groups is 1. The fourth-order valence-corrected chi connectivity index (χ4v) is 4.63. The third-order valence-corrected chi connectivity index (χ3v) is 6.34. The van der Waals surface area contributed by atoms with Crippen LogP contribution in [-0.4, -0.2) is 21.3 Å². The monoisotopic (exact) mass is 439 g/mol. The van der Waals surface area contributed by atoms with Crippen molar-refractivity contribution in [3.8, 4) is 0 Å². The predicted molar refractivity (Wildman–Crippen MR) is 106 cm³/mol. The van der Waals surface area contributed by atoms with Gasteiger partial charge in [-0.3, -0.25) is 4.79 Å². The molecule has 0 amide bonds. The van der Waals surface area contributed by atoms with Gasteiger partial charge in [0, 0.05) is 14.9 Å².